The molecular weight excluding hydrogens is 251 g/mol. The van der Waals surface area contributed by atoms with Crippen LogP contribution in [0.1, 0.15) is 25.3 Å². The fraction of sp³-hybridized carbons (Fsp3) is 0.571. The fourth-order valence-electron chi connectivity index (χ4n) is 2.41. The Morgan fingerprint density at radius 3 is 2.83 bits per heavy atom. The lowest BCUT2D eigenvalue weighted by molar-refractivity contribution is 0.251. The van der Waals surface area contributed by atoms with E-state index >= 15 is 0 Å². The first-order valence-corrected chi connectivity index (χ1v) is 6.93. The number of rotatable bonds is 5. The van der Waals surface area contributed by atoms with Gasteiger partial charge in [0.05, 0.1) is 0 Å². The first kappa shape index (κ1) is 13.8. The second-order valence-corrected chi connectivity index (χ2v) is 5.40. The molecule has 1 fully saturated rings. The highest BCUT2D eigenvalue weighted by molar-refractivity contribution is 6.30. The largest absolute Gasteiger partial charge is 0.311 e. The van der Waals surface area contributed by atoms with Gasteiger partial charge in [-0.05, 0) is 51.1 Å². The Hall–Kier alpha value is -0.640. The van der Waals surface area contributed by atoms with E-state index in [1.165, 1.54) is 32.0 Å². The van der Waals surface area contributed by atoms with Crippen molar-refractivity contribution in [3.05, 3.63) is 34.6 Å². The smallest absolute Gasteiger partial charge is 0.127 e. The van der Waals surface area contributed by atoms with E-state index in [1.54, 1.807) is 12.1 Å². The van der Waals surface area contributed by atoms with Gasteiger partial charge >= 0.3 is 0 Å². The summed E-state index contributed by atoms with van der Waals surface area (Å²) < 4.78 is 13.5. The lowest BCUT2D eigenvalue weighted by Gasteiger charge is -2.24. The second kappa shape index (κ2) is 6.50. The minimum Gasteiger partial charge on any atom is -0.311 e. The molecule has 0 amide bonds. The Labute approximate surface area is 113 Å². The molecule has 1 saturated heterocycles. The number of likely N-dealkylation sites (tertiary alicyclic amines) is 1. The Kier molecular flexibility index (Phi) is 4.98. The topological polar surface area (TPSA) is 15.3 Å². The highest BCUT2D eigenvalue weighted by Gasteiger charge is 2.17. The molecule has 1 atom stereocenters. The maximum atomic E-state index is 13.5. The summed E-state index contributed by atoms with van der Waals surface area (Å²) in [5, 5.41) is 3.89. The molecule has 1 aromatic carbocycles. The summed E-state index contributed by atoms with van der Waals surface area (Å²) in [5.74, 6) is -0.194. The third kappa shape index (κ3) is 3.67. The summed E-state index contributed by atoms with van der Waals surface area (Å²) in [6.45, 7) is 6.01. The molecule has 4 heteroatoms. The number of hydrogen-bond donors (Lipinski definition) is 1. The van der Waals surface area contributed by atoms with E-state index in [4.69, 9.17) is 11.6 Å². The number of halogens is 2. The van der Waals surface area contributed by atoms with Gasteiger partial charge in [0.15, 0.2) is 0 Å². The Morgan fingerprint density at radius 2 is 2.11 bits per heavy atom. The van der Waals surface area contributed by atoms with E-state index in [-0.39, 0.29) is 5.82 Å². The van der Waals surface area contributed by atoms with Crippen molar-refractivity contribution < 1.29 is 4.39 Å². The van der Waals surface area contributed by atoms with Gasteiger partial charge in [-0.15, -0.1) is 0 Å². The van der Waals surface area contributed by atoms with Crippen molar-refractivity contribution in [2.75, 3.05) is 19.6 Å². The van der Waals surface area contributed by atoms with E-state index < -0.39 is 0 Å². The van der Waals surface area contributed by atoms with Crippen LogP contribution in [-0.2, 0) is 6.54 Å². The monoisotopic (exact) mass is 270 g/mol. The average molecular weight is 271 g/mol. The molecule has 1 heterocycles. The van der Waals surface area contributed by atoms with Crippen molar-refractivity contribution in [1.82, 2.24) is 10.2 Å². The lowest BCUT2D eigenvalue weighted by atomic mass is 10.2. The molecule has 1 unspecified atom stereocenters. The van der Waals surface area contributed by atoms with E-state index in [1.807, 2.05) is 0 Å². The van der Waals surface area contributed by atoms with Gasteiger partial charge in [0.2, 0.25) is 0 Å². The summed E-state index contributed by atoms with van der Waals surface area (Å²) in [6.07, 6.45) is 2.60. The third-order valence-corrected chi connectivity index (χ3v) is 3.76. The van der Waals surface area contributed by atoms with E-state index in [0.29, 0.717) is 23.2 Å². The zero-order chi connectivity index (χ0) is 13.0. The van der Waals surface area contributed by atoms with Gasteiger partial charge in [0.1, 0.15) is 5.82 Å². The van der Waals surface area contributed by atoms with Crippen LogP contribution in [0.4, 0.5) is 4.39 Å². The van der Waals surface area contributed by atoms with Crippen molar-refractivity contribution in [3.8, 4) is 0 Å². The summed E-state index contributed by atoms with van der Waals surface area (Å²) in [5.41, 5.74) is 0.635. The normalized spacial score (nSPS) is 18.2. The van der Waals surface area contributed by atoms with E-state index in [0.717, 1.165) is 6.54 Å². The van der Waals surface area contributed by atoms with E-state index in [9.17, 15) is 4.39 Å². The maximum absolute atomic E-state index is 13.5. The third-order valence-electron chi connectivity index (χ3n) is 3.53. The van der Waals surface area contributed by atoms with Crippen LogP contribution in [0.25, 0.3) is 0 Å². The summed E-state index contributed by atoms with van der Waals surface area (Å²) in [6, 6.07) is 5.19. The average Bonchev–Trinajstić information content (AvgIpc) is 2.87. The number of nitrogens with zero attached hydrogens (tertiary/aromatic N) is 1. The predicted molar refractivity (Wildman–Crippen MR) is 73.4 cm³/mol. The number of hydrogen-bond acceptors (Lipinski definition) is 2. The Balaban J connectivity index is 1.79. The molecule has 1 N–H and O–H groups in total. The van der Waals surface area contributed by atoms with Crippen LogP contribution in [0.2, 0.25) is 5.02 Å². The molecule has 0 radical (unpaired) electrons. The Bertz CT molecular complexity index is 391. The van der Waals surface area contributed by atoms with E-state index in [2.05, 4.69) is 17.1 Å². The molecule has 100 valence electrons. The van der Waals surface area contributed by atoms with Gasteiger partial charge in [-0.25, -0.2) is 4.39 Å². The van der Waals surface area contributed by atoms with Gasteiger partial charge < -0.3 is 5.32 Å². The van der Waals surface area contributed by atoms with Crippen LogP contribution in [-0.4, -0.2) is 30.6 Å². The zero-order valence-electron chi connectivity index (χ0n) is 10.8. The van der Waals surface area contributed by atoms with Crippen molar-refractivity contribution in [1.29, 1.82) is 0 Å². The predicted octanol–water partition coefficient (Wildman–Crippen LogP) is 3.05. The van der Waals surface area contributed by atoms with Crippen molar-refractivity contribution in [2.24, 2.45) is 0 Å². The van der Waals surface area contributed by atoms with Gasteiger partial charge in [0.25, 0.3) is 0 Å². The highest BCUT2D eigenvalue weighted by Crippen LogP contribution is 2.15. The first-order chi connectivity index (χ1) is 8.66. The summed E-state index contributed by atoms with van der Waals surface area (Å²) in [4.78, 5) is 2.47. The highest BCUT2D eigenvalue weighted by atomic mass is 35.5. The first-order valence-electron chi connectivity index (χ1n) is 6.55. The summed E-state index contributed by atoms with van der Waals surface area (Å²) in [7, 11) is 0. The number of benzene rings is 1. The molecule has 2 nitrogen and oxygen atoms in total. The molecule has 0 saturated carbocycles. The van der Waals surface area contributed by atoms with Crippen LogP contribution in [0.5, 0.6) is 0 Å². The molecule has 1 aliphatic rings. The van der Waals surface area contributed by atoms with Crippen LogP contribution < -0.4 is 5.32 Å². The van der Waals surface area contributed by atoms with Gasteiger partial charge in [-0.2, -0.15) is 0 Å². The van der Waals surface area contributed by atoms with Gasteiger partial charge in [-0.1, -0.05) is 11.6 Å². The molecule has 1 aliphatic heterocycles. The van der Waals surface area contributed by atoms with Crippen LogP contribution in [0.15, 0.2) is 18.2 Å². The lowest BCUT2D eigenvalue weighted by Crippen LogP contribution is -2.38. The molecule has 18 heavy (non-hydrogen) atoms. The second-order valence-electron chi connectivity index (χ2n) is 4.96. The van der Waals surface area contributed by atoms with Crippen molar-refractivity contribution >= 4 is 11.6 Å². The van der Waals surface area contributed by atoms with Gasteiger partial charge in [0, 0.05) is 29.7 Å². The standard InChI is InChI=1S/C14H20ClFN2/c1-11(18-6-2-3-7-18)9-17-10-12-8-13(15)4-5-14(12)16/h4-5,8,11,17H,2-3,6-7,9-10H2,1H3. The molecule has 2 rings (SSSR count). The molecule has 0 bridgehead atoms. The zero-order valence-corrected chi connectivity index (χ0v) is 11.5. The minimum atomic E-state index is -0.194. The van der Waals surface area contributed by atoms with Crippen molar-refractivity contribution in [3.63, 3.8) is 0 Å². The molecular formula is C14H20ClFN2. The summed E-state index contributed by atoms with van der Waals surface area (Å²) >= 11 is 5.86. The molecule has 1 aromatic rings. The Morgan fingerprint density at radius 1 is 1.39 bits per heavy atom. The maximum Gasteiger partial charge on any atom is 0.127 e. The molecule has 0 spiro atoms. The SMILES string of the molecule is CC(CNCc1cc(Cl)ccc1F)N1CCCC1. The quantitative estimate of drug-likeness (QED) is 0.885. The number of nitrogens with one attached hydrogen (secondary N) is 1. The van der Waals surface area contributed by atoms with Crippen LogP contribution >= 0.6 is 11.6 Å². The van der Waals surface area contributed by atoms with Crippen LogP contribution in [0, 0.1) is 5.82 Å². The van der Waals surface area contributed by atoms with Gasteiger partial charge in [-0.3, -0.25) is 4.90 Å². The van der Waals surface area contributed by atoms with Crippen molar-refractivity contribution in [2.45, 2.75) is 32.4 Å². The van der Waals surface area contributed by atoms with Crippen LogP contribution in [0.3, 0.4) is 0 Å². The molecule has 0 aliphatic carbocycles. The fourth-order valence-corrected chi connectivity index (χ4v) is 2.60. The molecule has 0 aromatic heterocycles. The minimum absolute atomic E-state index is 0.194.